The topological polar surface area (TPSA) is 111 Å². The summed E-state index contributed by atoms with van der Waals surface area (Å²) in [7, 11) is 0. The zero-order valence-corrected chi connectivity index (χ0v) is 14.4. The van der Waals surface area contributed by atoms with Gasteiger partial charge < -0.3 is 15.2 Å². The SMILES string of the molecule is CC[C@@H]1[C@@H](NC(=O)CC(F)(F)F)CCN1C(=O)c1cnc2[nH]c(=O)[nH]c2c1. The van der Waals surface area contributed by atoms with E-state index in [1.807, 2.05) is 0 Å². The van der Waals surface area contributed by atoms with Crippen LogP contribution in [0.5, 0.6) is 0 Å². The first-order valence-corrected chi connectivity index (χ1v) is 8.43. The molecule has 1 fully saturated rings. The van der Waals surface area contributed by atoms with E-state index in [1.165, 1.54) is 17.2 Å². The van der Waals surface area contributed by atoms with Crippen LogP contribution < -0.4 is 11.0 Å². The summed E-state index contributed by atoms with van der Waals surface area (Å²) < 4.78 is 37.1. The third kappa shape index (κ3) is 4.12. The van der Waals surface area contributed by atoms with Crippen LogP contribution in [0.25, 0.3) is 11.2 Å². The van der Waals surface area contributed by atoms with Gasteiger partial charge in [0.15, 0.2) is 5.65 Å². The van der Waals surface area contributed by atoms with Gasteiger partial charge in [-0.1, -0.05) is 6.92 Å². The lowest BCUT2D eigenvalue weighted by molar-refractivity contribution is -0.154. The summed E-state index contributed by atoms with van der Waals surface area (Å²) in [6.07, 6.45) is -3.95. The number of aromatic amines is 2. The highest BCUT2D eigenvalue weighted by Gasteiger charge is 2.39. The average Bonchev–Trinajstić information content (AvgIpc) is 3.13. The molecule has 2 amide bonds. The number of pyridine rings is 1. The number of hydrogen-bond donors (Lipinski definition) is 3. The number of nitrogens with zero attached hydrogens (tertiary/aromatic N) is 2. The molecule has 0 saturated carbocycles. The fourth-order valence-corrected chi connectivity index (χ4v) is 3.42. The number of nitrogens with one attached hydrogen (secondary N) is 3. The number of halogens is 3. The second-order valence-electron chi connectivity index (χ2n) is 6.43. The number of hydrogen-bond acceptors (Lipinski definition) is 4. The number of rotatable bonds is 4. The maximum absolute atomic E-state index is 12.8. The second-order valence-corrected chi connectivity index (χ2v) is 6.43. The molecule has 0 aromatic carbocycles. The molecule has 0 aliphatic carbocycles. The van der Waals surface area contributed by atoms with Crippen molar-refractivity contribution in [2.75, 3.05) is 6.54 Å². The van der Waals surface area contributed by atoms with E-state index in [0.29, 0.717) is 30.6 Å². The van der Waals surface area contributed by atoms with Crippen molar-refractivity contribution in [3.05, 3.63) is 28.3 Å². The van der Waals surface area contributed by atoms with Gasteiger partial charge in [0.25, 0.3) is 5.91 Å². The van der Waals surface area contributed by atoms with Crippen molar-refractivity contribution >= 4 is 23.0 Å². The Morgan fingerprint density at radius 3 is 2.78 bits per heavy atom. The smallest absolute Gasteiger partial charge is 0.351 e. The largest absolute Gasteiger partial charge is 0.397 e. The van der Waals surface area contributed by atoms with Crippen molar-refractivity contribution in [1.29, 1.82) is 0 Å². The van der Waals surface area contributed by atoms with Gasteiger partial charge in [0.1, 0.15) is 6.42 Å². The van der Waals surface area contributed by atoms with E-state index in [2.05, 4.69) is 20.3 Å². The molecule has 0 spiro atoms. The number of likely N-dealkylation sites (tertiary alicyclic amines) is 1. The minimum absolute atomic E-state index is 0.249. The van der Waals surface area contributed by atoms with Gasteiger partial charge in [-0.15, -0.1) is 0 Å². The molecule has 2 aromatic rings. The predicted molar refractivity (Wildman–Crippen MR) is 89.0 cm³/mol. The van der Waals surface area contributed by atoms with Gasteiger partial charge >= 0.3 is 11.9 Å². The zero-order chi connectivity index (χ0) is 19.8. The van der Waals surface area contributed by atoms with Crippen molar-refractivity contribution in [3.8, 4) is 0 Å². The standard InChI is InChI=1S/C16H18F3N5O3/c1-2-11-9(21-12(25)6-16(17,18)19)3-4-24(11)14(26)8-5-10-13(20-7-8)23-15(27)22-10/h5,7,9,11H,2-4,6H2,1H3,(H,21,25)(H2,20,22,23,27)/t9-,11+/m0/s1. The summed E-state index contributed by atoms with van der Waals surface area (Å²) in [5.41, 5.74) is 0.510. The van der Waals surface area contributed by atoms with E-state index in [9.17, 15) is 27.6 Å². The number of carbonyl (C=O) groups is 2. The second kappa shape index (κ2) is 7.05. The van der Waals surface area contributed by atoms with Gasteiger partial charge in [-0.25, -0.2) is 9.78 Å². The maximum Gasteiger partial charge on any atom is 0.397 e. The van der Waals surface area contributed by atoms with Crippen LogP contribution in [0.15, 0.2) is 17.1 Å². The van der Waals surface area contributed by atoms with E-state index in [-0.39, 0.29) is 11.5 Å². The number of fused-ring (bicyclic) bond motifs is 1. The maximum atomic E-state index is 12.8. The molecule has 0 unspecified atom stereocenters. The van der Waals surface area contributed by atoms with Crippen LogP contribution in [0.3, 0.4) is 0 Å². The van der Waals surface area contributed by atoms with Crippen LogP contribution in [-0.4, -0.2) is 56.5 Å². The molecule has 3 N–H and O–H groups in total. The number of amides is 2. The highest BCUT2D eigenvalue weighted by atomic mass is 19.4. The van der Waals surface area contributed by atoms with Crippen molar-refractivity contribution in [3.63, 3.8) is 0 Å². The minimum atomic E-state index is -4.57. The zero-order valence-electron chi connectivity index (χ0n) is 14.4. The van der Waals surface area contributed by atoms with Crippen molar-refractivity contribution in [2.45, 2.75) is 44.4 Å². The predicted octanol–water partition coefficient (Wildman–Crippen LogP) is 1.31. The van der Waals surface area contributed by atoms with E-state index >= 15 is 0 Å². The number of carbonyl (C=O) groups excluding carboxylic acids is 2. The highest BCUT2D eigenvalue weighted by molar-refractivity contribution is 5.96. The fraction of sp³-hybridized carbons (Fsp3) is 0.500. The quantitative estimate of drug-likeness (QED) is 0.737. The van der Waals surface area contributed by atoms with Gasteiger partial charge in [0.2, 0.25) is 5.91 Å². The van der Waals surface area contributed by atoms with Gasteiger partial charge in [0.05, 0.1) is 23.2 Å². The monoisotopic (exact) mass is 385 g/mol. The van der Waals surface area contributed by atoms with E-state index in [4.69, 9.17) is 0 Å². The lowest BCUT2D eigenvalue weighted by Crippen LogP contribution is -2.47. The molecule has 1 aliphatic rings. The fourth-order valence-electron chi connectivity index (χ4n) is 3.42. The molecule has 0 radical (unpaired) electrons. The Morgan fingerprint density at radius 2 is 2.11 bits per heavy atom. The summed E-state index contributed by atoms with van der Waals surface area (Å²) in [4.78, 5) is 46.2. The lowest BCUT2D eigenvalue weighted by Gasteiger charge is -2.28. The Hall–Kier alpha value is -2.85. The molecule has 2 atom stereocenters. The summed E-state index contributed by atoms with van der Waals surface area (Å²) in [6, 6.07) is 0.526. The van der Waals surface area contributed by atoms with Crippen molar-refractivity contribution in [2.24, 2.45) is 0 Å². The Morgan fingerprint density at radius 1 is 1.37 bits per heavy atom. The first kappa shape index (κ1) is 18.9. The Balaban J connectivity index is 1.74. The molecule has 1 aliphatic heterocycles. The molecule has 1 saturated heterocycles. The molecular weight excluding hydrogens is 367 g/mol. The Labute approximate surface area is 151 Å². The van der Waals surface area contributed by atoms with E-state index in [0.717, 1.165) is 0 Å². The number of H-pyrrole nitrogens is 2. The number of aromatic nitrogens is 3. The first-order valence-electron chi connectivity index (χ1n) is 8.43. The average molecular weight is 385 g/mol. The molecule has 2 aromatic heterocycles. The lowest BCUT2D eigenvalue weighted by atomic mass is 10.1. The minimum Gasteiger partial charge on any atom is -0.351 e. The molecule has 146 valence electrons. The van der Waals surface area contributed by atoms with Crippen LogP contribution >= 0.6 is 0 Å². The number of imidazole rings is 1. The summed E-state index contributed by atoms with van der Waals surface area (Å²) in [5, 5.41) is 2.38. The summed E-state index contributed by atoms with van der Waals surface area (Å²) in [6.45, 7) is 2.10. The van der Waals surface area contributed by atoms with Gasteiger partial charge in [-0.2, -0.15) is 13.2 Å². The van der Waals surface area contributed by atoms with Gasteiger partial charge in [0, 0.05) is 12.7 Å². The first-order chi connectivity index (χ1) is 12.7. The molecule has 11 heteroatoms. The van der Waals surface area contributed by atoms with Gasteiger partial charge in [-0.05, 0) is 18.9 Å². The van der Waals surface area contributed by atoms with E-state index in [1.54, 1.807) is 6.92 Å². The Kier molecular flexibility index (Phi) is 4.94. The molecule has 3 heterocycles. The van der Waals surface area contributed by atoms with E-state index < -0.39 is 36.3 Å². The molecule has 27 heavy (non-hydrogen) atoms. The van der Waals surface area contributed by atoms with Crippen LogP contribution in [0.4, 0.5) is 13.2 Å². The van der Waals surface area contributed by atoms with Crippen molar-refractivity contribution in [1.82, 2.24) is 25.2 Å². The van der Waals surface area contributed by atoms with Crippen LogP contribution in [0.2, 0.25) is 0 Å². The highest BCUT2D eigenvalue weighted by Crippen LogP contribution is 2.25. The molecule has 0 bridgehead atoms. The van der Waals surface area contributed by atoms with Gasteiger partial charge in [-0.3, -0.25) is 14.6 Å². The molecule has 8 nitrogen and oxygen atoms in total. The molecule has 3 rings (SSSR count). The van der Waals surface area contributed by atoms with Crippen LogP contribution in [-0.2, 0) is 4.79 Å². The van der Waals surface area contributed by atoms with Crippen LogP contribution in [0.1, 0.15) is 36.5 Å². The number of alkyl halides is 3. The third-order valence-electron chi connectivity index (χ3n) is 4.55. The van der Waals surface area contributed by atoms with Crippen LogP contribution in [0, 0.1) is 0 Å². The molecular formula is C16H18F3N5O3. The normalized spacial score (nSPS) is 20.2. The van der Waals surface area contributed by atoms with Crippen molar-refractivity contribution < 1.29 is 22.8 Å². The summed E-state index contributed by atoms with van der Waals surface area (Å²) in [5.74, 6) is -1.46. The summed E-state index contributed by atoms with van der Waals surface area (Å²) >= 11 is 0. The third-order valence-corrected chi connectivity index (χ3v) is 4.55. The Bertz CT molecular complexity index is 920.